The molecule has 3 N–H and O–H groups in total. The maximum atomic E-state index is 14.2. The van der Waals surface area contributed by atoms with E-state index in [-0.39, 0.29) is 18.2 Å². The van der Waals surface area contributed by atoms with Crippen molar-refractivity contribution in [3.63, 3.8) is 0 Å². The van der Waals surface area contributed by atoms with Crippen molar-refractivity contribution in [2.24, 2.45) is 5.92 Å². The van der Waals surface area contributed by atoms with Crippen LogP contribution < -0.4 is 15.4 Å². The Bertz CT molecular complexity index is 1110. The van der Waals surface area contributed by atoms with Gasteiger partial charge in [0.05, 0.1) is 7.11 Å². The molecule has 0 saturated heterocycles. The maximum Gasteiger partial charge on any atom is 0.408 e. The molecule has 0 aliphatic rings. The lowest BCUT2D eigenvalue weighted by atomic mass is 9.98. The number of benzene rings is 2. The van der Waals surface area contributed by atoms with E-state index in [1.165, 1.54) is 17.0 Å². The first-order valence-electron chi connectivity index (χ1n) is 13.9. The molecule has 0 aromatic heterocycles. The Hall–Kier alpha value is -3.75. The van der Waals surface area contributed by atoms with Gasteiger partial charge in [0.1, 0.15) is 29.2 Å². The Morgan fingerprint density at radius 1 is 1.02 bits per heavy atom. The highest BCUT2D eigenvalue weighted by Crippen LogP contribution is 2.28. The number of phenols is 1. The third-order valence-corrected chi connectivity index (χ3v) is 6.09. The van der Waals surface area contributed by atoms with Gasteiger partial charge in [-0.05, 0) is 81.5 Å². The first kappa shape index (κ1) is 32.5. The largest absolute Gasteiger partial charge is 0.508 e. The van der Waals surface area contributed by atoms with Gasteiger partial charge in [0.2, 0.25) is 5.91 Å². The highest BCUT2D eigenvalue weighted by Gasteiger charge is 2.36. The maximum absolute atomic E-state index is 14.2. The zero-order chi connectivity index (χ0) is 29.9. The van der Waals surface area contributed by atoms with Crippen molar-refractivity contribution in [2.75, 3.05) is 19.0 Å². The molecule has 0 radical (unpaired) electrons. The minimum Gasteiger partial charge on any atom is -0.508 e. The van der Waals surface area contributed by atoms with Crippen LogP contribution in [0.2, 0.25) is 0 Å². The number of nitrogens with one attached hydrogen (secondary N) is 2. The van der Waals surface area contributed by atoms with Gasteiger partial charge in [-0.3, -0.25) is 9.59 Å². The molecule has 0 saturated carbocycles. The molecule has 220 valence electrons. The second-order valence-electron chi connectivity index (χ2n) is 11.3. The number of rotatable bonds is 13. The summed E-state index contributed by atoms with van der Waals surface area (Å²) in [6.45, 7) is 11.5. The number of anilines is 1. The molecule has 0 aliphatic carbocycles. The monoisotopic (exact) mass is 555 g/mol. The summed E-state index contributed by atoms with van der Waals surface area (Å²) < 4.78 is 10.7. The number of aromatic hydroxyl groups is 1. The summed E-state index contributed by atoms with van der Waals surface area (Å²) in [5.41, 5.74) is 0.248. The lowest BCUT2D eigenvalue weighted by Crippen LogP contribution is -2.53. The number of methoxy groups -OCH3 is 1. The number of phenolic OH excluding ortho intramolecular Hbond substituents is 1. The molecule has 9 heteroatoms. The van der Waals surface area contributed by atoms with Crippen LogP contribution in [0.3, 0.4) is 0 Å². The standard InChI is InChI=1S/C31H45N3O6/c1-8-9-10-18-34(29(37)26(19-21(2)3)33-30(38)40-31(4,5)6)27(22-12-11-13-24(35)20-22)28(36)32-23-14-16-25(39-7)17-15-23/h11-17,20-21,26-27,35H,8-10,18-19H2,1-7H3,(H,32,36)(H,33,38). The number of amides is 3. The fourth-order valence-electron chi connectivity index (χ4n) is 4.29. The van der Waals surface area contributed by atoms with Crippen molar-refractivity contribution >= 4 is 23.6 Å². The number of ether oxygens (including phenoxy) is 2. The smallest absolute Gasteiger partial charge is 0.408 e. The fraction of sp³-hybridized carbons (Fsp3) is 0.516. The SMILES string of the molecule is CCCCCN(C(=O)C(CC(C)C)NC(=O)OC(C)(C)C)C(C(=O)Nc1ccc(OC)cc1)c1cccc(O)c1. The van der Waals surface area contributed by atoms with Crippen molar-refractivity contribution in [1.29, 1.82) is 0 Å². The van der Waals surface area contributed by atoms with E-state index in [9.17, 15) is 19.5 Å². The van der Waals surface area contributed by atoms with E-state index in [0.717, 1.165) is 12.8 Å². The average Bonchev–Trinajstić information content (AvgIpc) is 2.86. The summed E-state index contributed by atoms with van der Waals surface area (Å²) >= 11 is 0. The van der Waals surface area contributed by atoms with Gasteiger partial charge in [0.25, 0.3) is 5.91 Å². The van der Waals surface area contributed by atoms with E-state index < -0.39 is 35.6 Å². The Balaban J connectivity index is 2.52. The summed E-state index contributed by atoms with van der Waals surface area (Å²) in [6, 6.07) is 11.2. The molecule has 2 aromatic rings. The molecular formula is C31H45N3O6. The Morgan fingerprint density at radius 3 is 2.25 bits per heavy atom. The van der Waals surface area contributed by atoms with E-state index in [4.69, 9.17) is 9.47 Å². The topological polar surface area (TPSA) is 117 Å². The van der Waals surface area contributed by atoms with Gasteiger partial charge in [0.15, 0.2) is 0 Å². The molecule has 2 unspecified atom stereocenters. The second kappa shape index (κ2) is 15.1. The predicted molar refractivity (Wildman–Crippen MR) is 156 cm³/mol. The Kier molecular flexibility index (Phi) is 12.3. The van der Waals surface area contributed by atoms with Crippen LogP contribution in [0.15, 0.2) is 48.5 Å². The van der Waals surface area contributed by atoms with Crippen LogP contribution in [0.4, 0.5) is 10.5 Å². The number of alkyl carbamates (subject to hydrolysis) is 1. The zero-order valence-corrected chi connectivity index (χ0v) is 24.8. The molecule has 9 nitrogen and oxygen atoms in total. The normalized spacial score (nSPS) is 12.8. The van der Waals surface area contributed by atoms with Gasteiger partial charge in [0, 0.05) is 12.2 Å². The van der Waals surface area contributed by atoms with Crippen LogP contribution in [-0.2, 0) is 14.3 Å². The van der Waals surface area contributed by atoms with Crippen LogP contribution in [0.25, 0.3) is 0 Å². The number of hydrogen-bond donors (Lipinski definition) is 3. The van der Waals surface area contributed by atoms with Crippen LogP contribution in [-0.4, -0.2) is 53.2 Å². The third-order valence-electron chi connectivity index (χ3n) is 6.09. The number of carbonyl (C=O) groups excluding carboxylic acids is 3. The second-order valence-corrected chi connectivity index (χ2v) is 11.3. The van der Waals surface area contributed by atoms with Crippen LogP contribution in [0.1, 0.15) is 78.8 Å². The molecule has 0 bridgehead atoms. The summed E-state index contributed by atoms with van der Waals surface area (Å²) in [5, 5.41) is 15.9. The number of carbonyl (C=O) groups is 3. The fourth-order valence-corrected chi connectivity index (χ4v) is 4.29. The first-order chi connectivity index (χ1) is 18.8. The first-order valence-corrected chi connectivity index (χ1v) is 13.9. The van der Waals surface area contributed by atoms with Gasteiger partial charge in [-0.2, -0.15) is 0 Å². The molecular weight excluding hydrogens is 510 g/mol. The van der Waals surface area contributed by atoms with Gasteiger partial charge in [-0.15, -0.1) is 0 Å². The van der Waals surface area contributed by atoms with E-state index in [1.54, 1.807) is 64.3 Å². The van der Waals surface area contributed by atoms with Gasteiger partial charge < -0.3 is 30.1 Å². The summed E-state index contributed by atoms with van der Waals surface area (Å²) in [4.78, 5) is 42.3. The Morgan fingerprint density at radius 2 is 1.70 bits per heavy atom. The van der Waals surface area contributed by atoms with Crippen LogP contribution in [0, 0.1) is 5.92 Å². The van der Waals surface area contributed by atoms with Crippen molar-refractivity contribution in [3.05, 3.63) is 54.1 Å². The lowest BCUT2D eigenvalue weighted by Gasteiger charge is -2.35. The van der Waals surface area contributed by atoms with Gasteiger partial charge in [-0.1, -0.05) is 45.7 Å². The average molecular weight is 556 g/mol. The quantitative estimate of drug-likeness (QED) is 0.260. The summed E-state index contributed by atoms with van der Waals surface area (Å²) in [7, 11) is 1.56. The molecule has 0 aliphatic heterocycles. The molecule has 2 atom stereocenters. The molecule has 2 aromatic carbocycles. The number of hydrogen-bond acceptors (Lipinski definition) is 6. The number of nitrogens with zero attached hydrogens (tertiary/aromatic N) is 1. The molecule has 0 fully saturated rings. The minimum atomic E-state index is -1.06. The molecule has 0 heterocycles. The molecule has 3 amide bonds. The molecule has 40 heavy (non-hydrogen) atoms. The van der Waals surface area contributed by atoms with Gasteiger partial charge >= 0.3 is 6.09 Å². The molecule has 0 spiro atoms. The van der Waals surface area contributed by atoms with Crippen molar-refractivity contribution < 1.29 is 29.0 Å². The summed E-state index contributed by atoms with van der Waals surface area (Å²) in [6.07, 6.45) is 2.09. The van der Waals surface area contributed by atoms with E-state index in [0.29, 0.717) is 29.8 Å². The lowest BCUT2D eigenvalue weighted by molar-refractivity contribution is -0.141. The van der Waals surface area contributed by atoms with E-state index in [2.05, 4.69) is 17.6 Å². The minimum absolute atomic E-state index is 0.0219. The third kappa shape index (κ3) is 10.4. The highest BCUT2D eigenvalue weighted by atomic mass is 16.6. The summed E-state index contributed by atoms with van der Waals surface area (Å²) in [5.74, 6) is -0.140. The zero-order valence-electron chi connectivity index (χ0n) is 24.8. The van der Waals surface area contributed by atoms with E-state index in [1.807, 2.05) is 13.8 Å². The molecule has 2 rings (SSSR count). The van der Waals surface area contributed by atoms with Crippen molar-refractivity contribution in [1.82, 2.24) is 10.2 Å². The predicted octanol–water partition coefficient (Wildman–Crippen LogP) is 6.04. The highest BCUT2D eigenvalue weighted by molar-refractivity contribution is 5.99. The van der Waals surface area contributed by atoms with E-state index >= 15 is 0 Å². The van der Waals surface area contributed by atoms with Crippen molar-refractivity contribution in [3.8, 4) is 11.5 Å². The van der Waals surface area contributed by atoms with Crippen molar-refractivity contribution in [2.45, 2.75) is 84.9 Å². The van der Waals surface area contributed by atoms with Crippen LogP contribution in [0.5, 0.6) is 11.5 Å². The number of unbranched alkanes of at least 4 members (excludes halogenated alkanes) is 2. The van der Waals surface area contributed by atoms with Gasteiger partial charge in [-0.25, -0.2) is 4.79 Å². The Labute approximate surface area is 238 Å². The van der Waals surface area contributed by atoms with Crippen LogP contribution >= 0.6 is 0 Å².